The summed E-state index contributed by atoms with van der Waals surface area (Å²) in [4.78, 5) is 15.4. The Hall–Kier alpha value is -0.610. The van der Waals surface area contributed by atoms with Gasteiger partial charge < -0.3 is 10.0 Å². The van der Waals surface area contributed by atoms with Crippen molar-refractivity contribution < 1.29 is 9.90 Å². The Morgan fingerprint density at radius 1 is 1.19 bits per heavy atom. The number of aliphatic hydroxyl groups is 1. The maximum absolute atomic E-state index is 11.2. The van der Waals surface area contributed by atoms with Crippen molar-refractivity contribution >= 4 is 5.91 Å². The van der Waals surface area contributed by atoms with Gasteiger partial charge in [-0.05, 0) is 12.8 Å². The number of piperazine rings is 1. The van der Waals surface area contributed by atoms with Crippen LogP contribution in [0.5, 0.6) is 0 Å². The molecule has 0 spiro atoms. The Labute approximate surface area is 97.2 Å². The van der Waals surface area contributed by atoms with Crippen LogP contribution in [0.25, 0.3) is 0 Å². The first kappa shape index (κ1) is 11.9. The summed E-state index contributed by atoms with van der Waals surface area (Å²) in [6, 6.07) is 0. The Kier molecular flexibility index (Phi) is 3.50. The average molecular weight is 226 g/mol. The largest absolute Gasteiger partial charge is 0.389 e. The zero-order valence-corrected chi connectivity index (χ0v) is 10.1. The normalized spacial score (nSPS) is 26.0. The second kappa shape index (κ2) is 4.72. The quantitative estimate of drug-likeness (QED) is 0.744. The van der Waals surface area contributed by atoms with Crippen LogP contribution in [-0.4, -0.2) is 59.1 Å². The second-order valence-electron chi connectivity index (χ2n) is 5.21. The number of amides is 1. The van der Waals surface area contributed by atoms with Crippen LogP contribution < -0.4 is 0 Å². The van der Waals surface area contributed by atoms with Gasteiger partial charge in [0.25, 0.3) is 0 Å². The van der Waals surface area contributed by atoms with Crippen LogP contribution in [0.15, 0.2) is 0 Å². The van der Waals surface area contributed by atoms with Crippen LogP contribution in [0.1, 0.15) is 32.6 Å². The lowest BCUT2D eigenvalue weighted by molar-refractivity contribution is -0.130. The van der Waals surface area contributed by atoms with Gasteiger partial charge in [0.15, 0.2) is 0 Å². The Balaban J connectivity index is 1.79. The predicted octanol–water partition coefficient (Wildman–Crippen LogP) is 0.456. The van der Waals surface area contributed by atoms with E-state index in [1.807, 2.05) is 4.90 Å². The first-order chi connectivity index (χ1) is 7.59. The van der Waals surface area contributed by atoms with Crippen molar-refractivity contribution in [1.29, 1.82) is 0 Å². The first-order valence-electron chi connectivity index (χ1n) is 6.29. The molecule has 4 nitrogen and oxygen atoms in total. The van der Waals surface area contributed by atoms with Gasteiger partial charge in [-0.15, -0.1) is 0 Å². The molecule has 1 N–H and O–H groups in total. The third-order valence-electron chi connectivity index (χ3n) is 3.87. The van der Waals surface area contributed by atoms with Crippen LogP contribution in [0, 0.1) is 0 Å². The third-order valence-corrected chi connectivity index (χ3v) is 3.87. The number of nitrogens with zero attached hydrogens (tertiary/aromatic N) is 2. The number of carbonyl (C=O) groups is 1. The molecule has 0 aromatic heterocycles. The zero-order valence-electron chi connectivity index (χ0n) is 10.1. The molecule has 1 saturated carbocycles. The van der Waals surface area contributed by atoms with Crippen LogP contribution in [0.3, 0.4) is 0 Å². The SMILES string of the molecule is CC(=O)N1CCN(CC2(O)CCCC2)CC1. The maximum Gasteiger partial charge on any atom is 0.219 e. The van der Waals surface area contributed by atoms with Gasteiger partial charge in [-0.25, -0.2) is 0 Å². The molecule has 0 bridgehead atoms. The molecule has 0 atom stereocenters. The Morgan fingerprint density at radius 3 is 2.25 bits per heavy atom. The molecular weight excluding hydrogens is 204 g/mol. The van der Waals surface area contributed by atoms with Crippen LogP contribution in [0.2, 0.25) is 0 Å². The topological polar surface area (TPSA) is 43.8 Å². The summed E-state index contributed by atoms with van der Waals surface area (Å²) in [5, 5.41) is 10.3. The van der Waals surface area contributed by atoms with E-state index >= 15 is 0 Å². The van der Waals surface area contributed by atoms with E-state index in [4.69, 9.17) is 0 Å². The number of carbonyl (C=O) groups excluding carboxylic acids is 1. The van der Waals surface area contributed by atoms with Crippen molar-refractivity contribution in [1.82, 2.24) is 9.80 Å². The van der Waals surface area contributed by atoms with Crippen molar-refractivity contribution in [3.8, 4) is 0 Å². The molecule has 2 aliphatic rings. The lowest BCUT2D eigenvalue weighted by atomic mass is 10.0. The van der Waals surface area contributed by atoms with Gasteiger partial charge in [-0.1, -0.05) is 12.8 Å². The fraction of sp³-hybridized carbons (Fsp3) is 0.917. The fourth-order valence-corrected chi connectivity index (χ4v) is 2.83. The van der Waals surface area contributed by atoms with Gasteiger partial charge in [-0.2, -0.15) is 0 Å². The van der Waals surface area contributed by atoms with E-state index in [0.29, 0.717) is 0 Å². The highest BCUT2D eigenvalue weighted by Gasteiger charge is 2.34. The van der Waals surface area contributed by atoms with Crippen molar-refractivity contribution in [2.45, 2.75) is 38.2 Å². The molecule has 1 amide bonds. The molecule has 0 unspecified atom stereocenters. The van der Waals surface area contributed by atoms with Gasteiger partial charge in [-0.3, -0.25) is 9.69 Å². The van der Waals surface area contributed by atoms with Crippen LogP contribution >= 0.6 is 0 Å². The molecule has 1 heterocycles. The molecule has 4 heteroatoms. The molecule has 0 aromatic rings. The second-order valence-corrected chi connectivity index (χ2v) is 5.21. The van der Waals surface area contributed by atoms with Crippen molar-refractivity contribution in [3.63, 3.8) is 0 Å². The minimum atomic E-state index is -0.446. The van der Waals surface area contributed by atoms with E-state index in [1.165, 1.54) is 0 Å². The molecular formula is C12H22N2O2. The first-order valence-corrected chi connectivity index (χ1v) is 6.29. The molecule has 2 rings (SSSR count). The van der Waals surface area contributed by atoms with E-state index in [-0.39, 0.29) is 5.91 Å². The highest BCUT2D eigenvalue weighted by molar-refractivity contribution is 5.73. The summed E-state index contributed by atoms with van der Waals surface area (Å²) in [5.74, 6) is 0.166. The minimum absolute atomic E-state index is 0.166. The third kappa shape index (κ3) is 2.74. The number of hydrogen-bond acceptors (Lipinski definition) is 3. The Morgan fingerprint density at radius 2 is 1.75 bits per heavy atom. The minimum Gasteiger partial charge on any atom is -0.389 e. The lowest BCUT2D eigenvalue weighted by Crippen LogP contribution is -2.52. The van der Waals surface area contributed by atoms with E-state index in [2.05, 4.69) is 4.90 Å². The molecule has 0 radical (unpaired) electrons. The van der Waals surface area contributed by atoms with Crippen LogP contribution in [-0.2, 0) is 4.79 Å². The number of hydrogen-bond donors (Lipinski definition) is 1. The summed E-state index contributed by atoms with van der Waals surface area (Å²) in [6.45, 7) is 5.85. The smallest absolute Gasteiger partial charge is 0.219 e. The molecule has 0 aromatic carbocycles. The Bertz CT molecular complexity index is 254. The molecule has 1 aliphatic heterocycles. The van der Waals surface area contributed by atoms with Crippen molar-refractivity contribution in [2.75, 3.05) is 32.7 Å². The average Bonchev–Trinajstić information content (AvgIpc) is 2.65. The van der Waals surface area contributed by atoms with Crippen LogP contribution in [0.4, 0.5) is 0 Å². The van der Waals surface area contributed by atoms with Crippen molar-refractivity contribution in [3.05, 3.63) is 0 Å². The molecule has 16 heavy (non-hydrogen) atoms. The van der Waals surface area contributed by atoms with E-state index < -0.39 is 5.60 Å². The monoisotopic (exact) mass is 226 g/mol. The predicted molar refractivity (Wildman–Crippen MR) is 62.1 cm³/mol. The summed E-state index contributed by atoms with van der Waals surface area (Å²) >= 11 is 0. The lowest BCUT2D eigenvalue weighted by Gasteiger charge is -2.37. The van der Waals surface area contributed by atoms with Crippen molar-refractivity contribution in [2.24, 2.45) is 0 Å². The molecule has 1 saturated heterocycles. The maximum atomic E-state index is 11.2. The van der Waals surface area contributed by atoms with Gasteiger partial charge >= 0.3 is 0 Å². The fourth-order valence-electron chi connectivity index (χ4n) is 2.83. The summed E-state index contributed by atoms with van der Waals surface area (Å²) in [6.07, 6.45) is 4.20. The van der Waals surface area contributed by atoms with Gasteiger partial charge in [0.2, 0.25) is 5.91 Å². The summed E-state index contributed by atoms with van der Waals surface area (Å²) in [5.41, 5.74) is -0.446. The van der Waals surface area contributed by atoms with E-state index in [9.17, 15) is 9.90 Å². The van der Waals surface area contributed by atoms with E-state index in [1.54, 1.807) is 6.92 Å². The van der Waals surface area contributed by atoms with Gasteiger partial charge in [0, 0.05) is 39.6 Å². The highest BCUT2D eigenvalue weighted by Crippen LogP contribution is 2.30. The number of rotatable bonds is 2. The standard InChI is InChI=1S/C12H22N2O2/c1-11(15)14-8-6-13(7-9-14)10-12(16)4-2-3-5-12/h16H,2-10H2,1H3. The van der Waals surface area contributed by atoms with Gasteiger partial charge in [0.05, 0.1) is 5.60 Å². The zero-order chi connectivity index (χ0) is 11.6. The van der Waals surface area contributed by atoms with E-state index in [0.717, 1.165) is 58.4 Å². The molecule has 2 fully saturated rings. The summed E-state index contributed by atoms with van der Waals surface area (Å²) in [7, 11) is 0. The summed E-state index contributed by atoms with van der Waals surface area (Å²) < 4.78 is 0. The molecule has 92 valence electrons. The van der Waals surface area contributed by atoms with Gasteiger partial charge in [0.1, 0.15) is 0 Å². The molecule has 1 aliphatic carbocycles. The highest BCUT2D eigenvalue weighted by atomic mass is 16.3. The number of β-amino-alcohol motifs (C(OH)–C–C–N with tert-alkyl or cyclic N) is 1.